The molecule has 0 unspecified atom stereocenters. The van der Waals surface area contributed by atoms with E-state index in [2.05, 4.69) is 12.6 Å². The molecule has 0 aromatic heterocycles. The number of nitriles is 1. The predicted octanol–water partition coefficient (Wildman–Crippen LogP) is 0.500. The molecule has 0 saturated heterocycles. The number of thiol groups is 1. The minimum absolute atomic E-state index is 0.0231. The second-order valence-corrected chi connectivity index (χ2v) is 2.62. The van der Waals surface area contributed by atoms with Crippen molar-refractivity contribution in [2.45, 2.75) is 0 Å². The molecule has 0 atom stereocenters. The zero-order chi connectivity index (χ0) is 8.15. The van der Waals surface area contributed by atoms with Crippen LogP contribution in [0, 0.1) is 11.3 Å². The maximum Gasteiger partial charge on any atom is 0.256 e. The van der Waals surface area contributed by atoms with Crippen LogP contribution in [0.15, 0.2) is 9.81 Å². The molecule has 0 aromatic rings. The molecule has 0 fully saturated rings. The fourth-order valence-corrected chi connectivity index (χ4v) is 1.02. The topological polar surface area (TPSA) is 66.9 Å². The quantitative estimate of drug-likeness (QED) is 0.364. The summed E-state index contributed by atoms with van der Waals surface area (Å²) in [6, 6.07) is 1.80. The molecule has 0 rings (SSSR count). The van der Waals surface area contributed by atoms with Crippen molar-refractivity contribution in [2.24, 2.45) is 5.73 Å². The van der Waals surface area contributed by atoms with Crippen LogP contribution in [-0.2, 0) is 4.79 Å². The Morgan fingerprint density at radius 2 is 2.30 bits per heavy atom. The summed E-state index contributed by atoms with van der Waals surface area (Å²) < 4.78 is 0. The summed E-state index contributed by atoms with van der Waals surface area (Å²) >= 11 is 4.89. The van der Waals surface area contributed by atoms with Crippen LogP contribution in [-0.4, -0.2) is 12.2 Å². The van der Waals surface area contributed by atoms with Crippen molar-refractivity contribution in [3.05, 3.63) is 9.81 Å². The van der Waals surface area contributed by atoms with Crippen LogP contribution in [0.2, 0.25) is 0 Å². The molecule has 0 heterocycles. The van der Waals surface area contributed by atoms with Crippen LogP contribution in [0.5, 0.6) is 0 Å². The van der Waals surface area contributed by atoms with Gasteiger partial charge >= 0.3 is 0 Å². The monoisotopic (exact) mass is 174 g/mol. The molecule has 2 N–H and O–H groups in total. The van der Waals surface area contributed by atoms with Gasteiger partial charge in [-0.1, -0.05) is 0 Å². The average molecular weight is 174 g/mol. The highest BCUT2D eigenvalue weighted by Gasteiger charge is 2.05. The third-order valence-corrected chi connectivity index (χ3v) is 2.05. The summed E-state index contributed by atoms with van der Waals surface area (Å²) in [5, 5.41) is 8.36. The van der Waals surface area contributed by atoms with Gasteiger partial charge in [0.1, 0.15) is 11.0 Å². The Bertz CT molecular complexity index is 216. The molecule has 0 bridgehead atoms. The highest BCUT2D eigenvalue weighted by molar-refractivity contribution is 8.03. The first-order valence-electron chi connectivity index (χ1n) is 2.30. The van der Waals surface area contributed by atoms with Crippen molar-refractivity contribution in [1.82, 2.24) is 0 Å². The molecule has 0 aromatic carbocycles. The maximum atomic E-state index is 10.4. The number of carbonyl (C=O) groups excluding carboxylic acids is 1. The van der Waals surface area contributed by atoms with Crippen molar-refractivity contribution in [1.29, 1.82) is 5.26 Å². The van der Waals surface area contributed by atoms with Crippen molar-refractivity contribution < 1.29 is 4.79 Å². The van der Waals surface area contributed by atoms with Gasteiger partial charge in [0.05, 0.1) is 4.91 Å². The van der Waals surface area contributed by atoms with Gasteiger partial charge in [0.25, 0.3) is 5.91 Å². The summed E-state index contributed by atoms with van der Waals surface area (Å²) in [7, 11) is 0. The molecule has 0 spiro atoms. The molecule has 0 aliphatic rings. The molecule has 0 aliphatic heterocycles. The van der Waals surface area contributed by atoms with Crippen LogP contribution in [0.3, 0.4) is 0 Å². The van der Waals surface area contributed by atoms with E-state index in [1.165, 1.54) is 0 Å². The lowest BCUT2D eigenvalue weighted by molar-refractivity contribution is -0.113. The molecule has 0 radical (unpaired) electrons. The van der Waals surface area contributed by atoms with Gasteiger partial charge in [-0.15, -0.1) is 24.4 Å². The van der Waals surface area contributed by atoms with Crippen LogP contribution in [0.25, 0.3) is 0 Å². The van der Waals surface area contributed by atoms with E-state index in [0.717, 1.165) is 11.8 Å². The van der Waals surface area contributed by atoms with E-state index in [1.54, 1.807) is 12.3 Å². The summed E-state index contributed by atoms with van der Waals surface area (Å²) in [4.78, 5) is 10.7. The largest absolute Gasteiger partial charge is 0.365 e. The Morgan fingerprint density at radius 3 is 2.40 bits per heavy atom. The van der Waals surface area contributed by atoms with Gasteiger partial charge in [-0.05, 0) is 6.26 Å². The second kappa shape index (κ2) is 4.25. The van der Waals surface area contributed by atoms with Gasteiger partial charge in [0.15, 0.2) is 0 Å². The third-order valence-electron chi connectivity index (χ3n) is 0.754. The van der Waals surface area contributed by atoms with E-state index < -0.39 is 5.91 Å². The Balaban J connectivity index is 4.65. The number of carbonyl (C=O) groups is 1. The standard InChI is InChI=1S/C5H6N2OS2/c1-10-3(2-6)4(9)5(7)8/h9H,1H3,(H2,7,8). The van der Waals surface area contributed by atoms with Crippen LogP contribution >= 0.6 is 24.4 Å². The highest BCUT2D eigenvalue weighted by atomic mass is 32.2. The molecule has 10 heavy (non-hydrogen) atoms. The average Bonchev–Trinajstić information content (AvgIpc) is 1.90. The van der Waals surface area contributed by atoms with Crippen LogP contribution < -0.4 is 5.73 Å². The lowest BCUT2D eigenvalue weighted by Gasteiger charge is -1.94. The molecule has 1 amide bonds. The van der Waals surface area contributed by atoms with E-state index in [4.69, 9.17) is 11.0 Å². The number of rotatable bonds is 2. The van der Waals surface area contributed by atoms with Crippen molar-refractivity contribution in [2.75, 3.05) is 6.26 Å². The van der Waals surface area contributed by atoms with Gasteiger partial charge in [-0.2, -0.15) is 5.26 Å². The summed E-state index contributed by atoms with van der Waals surface area (Å²) in [6.07, 6.45) is 1.68. The molecule has 3 nitrogen and oxygen atoms in total. The molecular weight excluding hydrogens is 168 g/mol. The molecule has 0 saturated carbocycles. The maximum absolute atomic E-state index is 10.4. The van der Waals surface area contributed by atoms with Gasteiger partial charge < -0.3 is 5.73 Å². The first kappa shape index (κ1) is 9.40. The number of hydrogen-bond acceptors (Lipinski definition) is 4. The normalized spacial score (nSPS) is 11.7. The fourth-order valence-electron chi connectivity index (χ4n) is 0.307. The van der Waals surface area contributed by atoms with Crippen LogP contribution in [0.4, 0.5) is 0 Å². The first-order valence-corrected chi connectivity index (χ1v) is 3.97. The Kier molecular flexibility index (Phi) is 4.00. The summed E-state index contributed by atoms with van der Waals surface area (Å²) in [5.74, 6) is -0.672. The van der Waals surface area contributed by atoms with E-state index in [-0.39, 0.29) is 9.81 Å². The minimum Gasteiger partial charge on any atom is -0.365 e. The van der Waals surface area contributed by atoms with Gasteiger partial charge in [0.2, 0.25) is 0 Å². The zero-order valence-corrected chi connectivity index (χ0v) is 7.00. The molecular formula is C5H6N2OS2. The van der Waals surface area contributed by atoms with E-state index in [0.29, 0.717) is 0 Å². The third kappa shape index (κ3) is 2.33. The Hall–Kier alpha value is -0.600. The molecule has 0 aliphatic carbocycles. The van der Waals surface area contributed by atoms with E-state index in [1.807, 2.05) is 0 Å². The predicted molar refractivity (Wildman–Crippen MR) is 44.3 cm³/mol. The number of allylic oxidation sites excluding steroid dienone is 1. The first-order chi connectivity index (χ1) is 4.63. The Morgan fingerprint density at radius 1 is 1.80 bits per heavy atom. The summed E-state index contributed by atoms with van der Waals surface area (Å²) in [6.45, 7) is 0. The zero-order valence-electron chi connectivity index (χ0n) is 5.29. The van der Waals surface area contributed by atoms with Crippen molar-refractivity contribution in [3.8, 4) is 6.07 Å². The fraction of sp³-hybridized carbons (Fsp3) is 0.200. The number of thioether (sulfide) groups is 1. The second-order valence-electron chi connectivity index (χ2n) is 1.36. The highest BCUT2D eigenvalue weighted by Crippen LogP contribution is 2.17. The number of nitrogens with zero attached hydrogens (tertiary/aromatic N) is 1. The van der Waals surface area contributed by atoms with E-state index >= 15 is 0 Å². The van der Waals surface area contributed by atoms with Gasteiger partial charge in [0, 0.05) is 0 Å². The number of primary amides is 1. The SMILES string of the molecule is CSC(C#N)=C(S)C(N)=O. The van der Waals surface area contributed by atoms with Crippen molar-refractivity contribution >= 4 is 30.3 Å². The van der Waals surface area contributed by atoms with E-state index in [9.17, 15) is 4.79 Å². The Labute approximate surface area is 68.7 Å². The van der Waals surface area contributed by atoms with Gasteiger partial charge in [-0.25, -0.2) is 0 Å². The van der Waals surface area contributed by atoms with Crippen molar-refractivity contribution in [3.63, 3.8) is 0 Å². The number of nitrogens with two attached hydrogens (primary N) is 1. The van der Waals surface area contributed by atoms with Gasteiger partial charge in [-0.3, -0.25) is 4.79 Å². The summed E-state index contributed by atoms with van der Waals surface area (Å²) in [5.41, 5.74) is 4.85. The molecule has 5 heteroatoms. The number of hydrogen-bond donors (Lipinski definition) is 2. The smallest absolute Gasteiger partial charge is 0.256 e. The lowest BCUT2D eigenvalue weighted by atomic mass is 10.5. The molecule has 54 valence electrons. The lowest BCUT2D eigenvalue weighted by Crippen LogP contribution is -2.11. The minimum atomic E-state index is -0.672. The van der Waals surface area contributed by atoms with Crippen LogP contribution in [0.1, 0.15) is 0 Å². The number of amides is 1.